The number of aliphatic hydroxyl groups excluding tert-OH is 1. The smallest absolute Gasteiger partial charge is 0.373 e. The molecule has 0 radical (unpaired) electrons. The highest BCUT2D eigenvalue weighted by atomic mass is 16.7. The Bertz CT molecular complexity index is 427. The number of allylic oxidation sites excluding steroid dienone is 1. The van der Waals surface area contributed by atoms with E-state index >= 15 is 0 Å². The van der Waals surface area contributed by atoms with Gasteiger partial charge in [0.15, 0.2) is 0 Å². The van der Waals surface area contributed by atoms with Crippen LogP contribution in [0.15, 0.2) is 24.5 Å². The Morgan fingerprint density at radius 1 is 1.52 bits per heavy atom. The van der Waals surface area contributed by atoms with Gasteiger partial charge in [-0.3, -0.25) is 0 Å². The molecule has 23 heavy (non-hydrogen) atoms. The maximum absolute atomic E-state index is 12.1. The summed E-state index contributed by atoms with van der Waals surface area (Å²) in [5, 5.41) is 9.17. The molecule has 0 aromatic heterocycles. The number of esters is 1. The van der Waals surface area contributed by atoms with Gasteiger partial charge in [-0.15, -0.1) is 0 Å². The first kappa shape index (κ1) is 18.0. The second-order valence-electron chi connectivity index (χ2n) is 6.16. The van der Waals surface area contributed by atoms with Crippen molar-refractivity contribution in [2.45, 2.75) is 45.3 Å². The summed E-state index contributed by atoms with van der Waals surface area (Å²) in [4.78, 5) is 12.1. The summed E-state index contributed by atoms with van der Waals surface area (Å²) in [5.74, 6) is 0.768. The van der Waals surface area contributed by atoms with Gasteiger partial charge in [-0.25, -0.2) is 4.79 Å². The fourth-order valence-electron chi connectivity index (χ4n) is 3.34. The van der Waals surface area contributed by atoms with E-state index in [9.17, 15) is 4.79 Å². The van der Waals surface area contributed by atoms with Gasteiger partial charge in [0.05, 0.1) is 0 Å². The molecule has 2 aliphatic rings. The average Bonchev–Trinajstić information content (AvgIpc) is 2.50. The van der Waals surface area contributed by atoms with Crippen LogP contribution in [-0.2, 0) is 19.0 Å². The quantitative estimate of drug-likeness (QED) is 0.522. The minimum absolute atomic E-state index is 0.157. The lowest BCUT2D eigenvalue weighted by Gasteiger charge is -2.43. The second-order valence-corrected chi connectivity index (χ2v) is 6.16. The SMILES string of the molecule is C=CCOC(=O)C1=C[C@@H](C2CCC2)[C@@H](CCCO)[C@@H](OCC)O1. The molecule has 0 spiro atoms. The van der Waals surface area contributed by atoms with Crippen LogP contribution in [0.4, 0.5) is 0 Å². The van der Waals surface area contributed by atoms with Crippen LogP contribution in [0, 0.1) is 17.8 Å². The van der Waals surface area contributed by atoms with Crippen LogP contribution < -0.4 is 0 Å². The Hall–Kier alpha value is -1.33. The molecule has 1 aliphatic carbocycles. The van der Waals surface area contributed by atoms with Gasteiger partial charge in [0, 0.05) is 19.1 Å². The summed E-state index contributed by atoms with van der Waals surface area (Å²) in [6.07, 6.45) is 8.13. The van der Waals surface area contributed by atoms with Crippen molar-refractivity contribution in [3.63, 3.8) is 0 Å². The van der Waals surface area contributed by atoms with Crippen molar-refractivity contribution in [2.24, 2.45) is 17.8 Å². The summed E-state index contributed by atoms with van der Waals surface area (Å²) in [6, 6.07) is 0. The molecule has 5 heteroatoms. The Balaban J connectivity index is 2.17. The van der Waals surface area contributed by atoms with E-state index in [1.165, 1.54) is 25.3 Å². The molecule has 1 heterocycles. The Labute approximate surface area is 138 Å². The molecule has 1 aliphatic heterocycles. The van der Waals surface area contributed by atoms with Crippen molar-refractivity contribution in [2.75, 3.05) is 19.8 Å². The summed E-state index contributed by atoms with van der Waals surface area (Å²) in [5.41, 5.74) is 0. The van der Waals surface area contributed by atoms with E-state index in [2.05, 4.69) is 6.58 Å². The number of hydrogen-bond acceptors (Lipinski definition) is 5. The maximum Gasteiger partial charge on any atom is 0.373 e. The molecule has 0 saturated heterocycles. The van der Waals surface area contributed by atoms with Gasteiger partial charge >= 0.3 is 5.97 Å². The molecule has 1 N–H and O–H groups in total. The number of ether oxygens (including phenoxy) is 3. The molecule has 5 nitrogen and oxygen atoms in total. The topological polar surface area (TPSA) is 65.0 Å². The molecule has 0 aromatic carbocycles. The van der Waals surface area contributed by atoms with Gasteiger partial charge in [-0.1, -0.05) is 19.1 Å². The largest absolute Gasteiger partial charge is 0.457 e. The number of rotatable bonds is 9. The fourth-order valence-corrected chi connectivity index (χ4v) is 3.34. The van der Waals surface area contributed by atoms with Crippen LogP contribution in [0.5, 0.6) is 0 Å². The van der Waals surface area contributed by atoms with Crippen molar-refractivity contribution in [1.82, 2.24) is 0 Å². The molecule has 0 amide bonds. The van der Waals surface area contributed by atoms with Gasteiger partial charge in [-0.05, 0) is 50.5 Å². The minimum atomic E-state index is -0.459. The summed E-state index contributed by atoms with van der Waals surface area (Å²) < 4.78 is 16.7. The van der Waals surface area contributed by atoms with Crippen molar-refractivity contribution >= 4 is 5.97 Å². The monoisotopic (exact) mass is 324 g/mol. The van der Waals surface area contributed by atoms with Crippen LogP contribution in [0.25, 0.3) is 0 Å². The van der Waals surface area contributed by atoms with Crippen LogP contribution in [0.3, 0.4) is 0 Å². The van der Waals surface area contributed by atoms with Crippen LogP contribution in [0.1, 0.15) is 39.0 Å². The van der Waals surface area contributed by atoms with Gasteiger partial charge in [-0.2, -0.15) is 0 Å². The maximum atomic E-state index is 12.1. The normalized spacial score (nSPS) is 27.6. The van der Waals surface area contributed by atoms with E-state index < -0.39 is 12.3 Å². The van der Waals surface area contributed by atoms with Crippen molar-refractivity contribution in [1.29, 1.82) is 0 Å². The van der Waals surface area contributed by atoms with E-state index in [4.69, 9.17) is 19.3 Å². The van der Waals surface area contributed by atoms with E-state index in [0.717, 1.165) is 6.42 Å². The third-order valence-corrected chi connectivity index (χ3v) is 4.69. The number of hydrogen-bond donors (Lipinski definition) is 1. The molecule has 1 saturated carbocycles. The number of carbonyl (C=O) groups excluding carboxylic acids is 1. The zero-order valence-electron chi connectivity index (χ0n) is 13.9. The van der Waals surface area contributed by atoms with Gasteiger partial charge in [0.1, 0.15) is 6.61 Å². The van der Waals surface area contributed by atoms with Crippen LogP contribution >= 0.6 is 0 Å². The first-order chi connectivity index (χ1) is 11.2. The predicted molar refractivity (Wildman–Crippen MR) is 86.4 cm³/mol. The lowest BCUT2D eigenvalue weighted by atomic mass is 9.68. The highest BCUT2D eigenvalue weighted by molar-refractivity contribution is 5.86. The second kappa shape index (κ2) is 9.08. The zero-order valence-corrected chi connectivity index (χ0v) is 13.9. The number of aliphatic hydroxyl groups is 1. The first-order valence-corrected chi connectivity index (χ1v) is 8.60. The van der Waals surface area contributed by atoms with E-state index in [-0.39, 0.29) is 30.8 Å². The van der Waals surface area contributed by atoms with E-state index in [1.807, 2.05) is 13.0 Å². The Kier molecular flexibility index (Phi) is 7.12. The summed E-state index contributed by atoms with van der Waals surface area (Å²) >= 11 is 0. The fraction of sp³-hybridized carbons (Fsp3) is 0.722. The minimum Gasteiger partial charge on any atom is -0.457 e. The van der Waals surface area contributed by atoms with Crippen molar-refractivity contribution in [3.8, 4) is 0 Å². The number of carbonyl (C=O) groups is 1. The van der Waals surface area contributed by atoms with Crippen molar-refractivity contribution in [3.05, 3.63) is 24.5 Å². The first-order valence-electron chi connectivity index (χ1n) is 8.60. The van der Waals surface area contributed by atoms with Gasteiger partial charge in [0.2, 0.25) is 12.0 Å². The lowest BCUT2D eigenvalue weighted by molar-refractivity contribution is -0.185. The molecule has 2 rings (SSSR count). The van der Waals surface area contributed by atoms with E-state index in [1.54, 1.807) is 0 Å². The average molecular weight is 324 g/mol. The molecular weight excluding hydrogens is 296 g/mol. The Morgan fingerprint density at radius 2 is 2.30 bits per heavy atom. The predicted octanol–water partition coefficient (Wildman–Crippen LogP) is 2.80. The molecular formula is C18H28O5. The molecule has 3 atom stereocenters. The van der Waals surface area contributed by atoms with Gasteiger partial charge < -0.3 is 19.3 Å². The summed E-state index contributed by atoms with van der Waals surface area (Å²) in [6.45, 7) is 6.31. The molecule has 130 valence electrons. The molecule has 0 aromatic rings. The third-order valence-electron chi connectivity index (χ3n) is 4.69. The standard InChI is InChI=1S/C18H28O5/c1-3-11-22-17(20)16-12-15(13-7-5-8-13)14(9-6-10-19)18(23-16)21-4-2/h3,12-15,18-19H,1,4-11H2,2H3/t14-,15+,18+/m1/s1. The third kappa shape index (κ3) is 4.58. The van der Waals surface area contributed by atoms with Crippen LogP contribution in [0.2, 0.25) is 0 Å². The van der Waals surface area contributed by atoms with Crippen molar-refractivity contribution < 1.29 is 24.1 Å². The van der Waals surface area contributed by atoms with Gasteiger partial charge in [0.25, 0.3) is 0 Å². The molecule has 0 unspecified atom stereocenters. The Morgan fingerprint density at radius 3 is 2.87 bits per heavy atom. The molecule has 1 fully saturated rings. The van der Waals surface area contributed by atoms with E-state index in [0.29, 0.717) is 18.9 Å². The highest BCUT2D eigenvalue weighted by Gasteiger charge is 2.42. The molecule has 0 bridgehead atoms. The van der Waals surface area contributed by atoms with Crippen LogP contribution in [-0.4, -0.2) is 37.2 Å². The zero-order chi connectivity index (χ0) is 16.7. The summed E-state index contributed by atoms with van der Waals surface area (Å²) in [7, 11) is 0. The highest BCUT2D eigenvalue weighted by Crippen LogP contribution is 2.44. The lowest BCUT2D eigenvalue weighted by Crippen LogP contribution is -2.41.